The third kappa shape index (κ3) is 5.32. The van der Waals surface area contributed by atoms with Crippen LogP contribution in [0.15, 0.2) is 47.4 Å². The number of esters is 1. The fourth-order valence-corrected chi connectivity index (χ4v) is 4.43. The van der Waals surface area contributed by atoms with E-state index in [2.05, 4.69) is 0 Å². The molecule has 3 rings (SSSR count). The average Bonchev–Trinajstić information content (AvgIpc) is 3.13. The minimum absolute atomic E-state index is 0.0484. The third-order valence-corrected chi connectivity index (χ3v) is 6.33. The lowest BCUT2D eigenvalue weighted by Gasteiger charge is -2.14. The van der Waals surface area contributed by atoms with Crippen LogP contribution in [-0.4, -0.2) is 32.9 Å². The molecule has 0 spiro atoms. The van der Waals surface area contributed by atoms with Gasteiger partial charge < -0.3 is 9.47 Å². The average molecular weight is 406 g/mol. The SMILES string of the molecule is CC(COc1cccc(F)c1)OC(=O)CCS(=O)(=O)c1ccc2c(c1)CCC2. The number of rotatable bonds is 8. The van der Waals surface area contributed by atoms with Gasteiger partial charge in [-0.05, 0) is 61.6 Å². The molecule has 1 aliphatic rings. The Morgan fingerprint density at radius 3 is 2.71 bits per heavy atom. The molecule has 0 saturated carbocycles. The lowest BCUT2D eigenvalue weighted by Crippen LogP contribution is -2.23. The molecule has 0 saturated heterocycles. The standard InChI is InChI=1S/C21H23FO5S/c1-15(14-26-19-7-3-6-18(22)13-19)27-21(23)10-11-28(24,25)20-9-8-16-4-2-5-17(16)12-20/h3,6-9,12-13,15H,2,4-5,10-11,14H2,1H3. The van der Waals surface area contributed by atoms with Crippen molar-refractivity contribution in [2.24, 2.45) is 0 Å². The van der Waals surface area contributed by atoms with E-state index in [0.29, 0.717) is 5.75 Å². The Bertz CT molecular complexity index is 955. The van der Waals surface area contributed by atoms with Gasteiger partial charge in [-0.15, -0.1) is 0 Å². The smallest absolute Gasteiger partial charge is 0.307 e. The van der Waals surface area contributed by atoms with Crippen molar-refractivity contribution in [1.29, 1.82) is 0 Å². The minimum Gasteiger partial charge on any atom is -0.490 e. The van der Waals surface area contributed by atoms with Gasteiger partial charge in [0, 0.05) is 6.07 Å². The Hall–Kier alpha value is -2.41. The highest BCUT2D eigenvalue weighted by Crippen LogP contribution is 2.25. The summed E-state index contributed by atoms with van der Waals surface area (Å²) in [5.74, 6) is -0.997. The van der Waals surface area contributed by atoms with Gasteiger partial charge in [0.25, 0.3) is 0 Å². The minimum atomic E-state index is -3.55. The molecule has 1 aliphatic carbocycles. The maximum absolute atomic E-state index is 13.1. The third-order valence-electron chi connectivity index (χ3n) is 4.62. The van der Waals surface area contributed by atoms with Gasteiger partial charge in [-0.1, -0.05) is 12.1 Å². The van der Waals surface area contributed by atoms with Gasteiger partial charge >= 0.3 is 5.97 Å². The molecule has 0 aromatic heterocycles. The van der Waals surface area contributed by atoms with E-state index in [1.165, 1.54) is 23.8 Å². The summed E-state index contributed by atoms with van der Waals surface area (Å²) < 4.78 is 48.7. The van der Waals surface area contributed by atoms with Gasteiger partial charge in [0.05, 0.1) is 17.1 Å². The van der Waals surface area contributed by atoms with Crippen LogP contribution >= 0.6 is 0 Å². The number of hydrogen-bond acceptors (Lipinski definition) is 5. The number of aryl methyl sites for hydroxylation is 2. The zero-order valence-corrected chi connectivity index (χ0v) is 16.5. The van der Waals surface area contributed by atoms with Crippen LogP contribution in [0.3, 0.4) is 0 Å². The van der Waals surface area contributed by atoms with Crippen LogP contribution in [-0.2, 0) is 32.2 Å². The van der Waals surface area contributed by atoms with Gasteiger partial charge in [0.1, 0.15) is 24.3 Å². The fourth-order valence-electron chi connectivity index (χ4n) is 3.16. The van der Waals surface area contributed by atoms with Crippen LogP contribution in [0, 0.1) is 5.82 Å². The molecular formula is C21H23FO5S. The molecule has 0 radical (unpaired) electrons. The number of hydrogen-bond donors (Lipinski definition) is 0. The van der Waals surface area contributed by atoms with Crippen LogP contribution in [0.1, 0.15) is 30.9 Å². The number of carbonyl (C=O) groups excluding carboxylic acids is 1. The highest BCUT2D eigenvalue weighted by Gasteiger charge is 2.21. The monoisotopic (exact) mass is 406 g/mol. The molecule has 1 atom stereocenters. The number of ether oxygens (including phenoxy) is 2. The molecule has 1 unspecified atom stereocenters. The van der Waals surface area contributed by atoms with Gasteiger partial charge in [0.2, 0.25) is 0 Å². The maximum atomic E-state index is 13.1. The molecule has 0 amide bonds. The van der Waals surface area contributed by atoms with Crippen molar-refractivity contribution >= 4 is 15.8 Å². The summed E-state index contributed by atoms with van der Waals surface area (Å²) in [5, 5.41) is 0. The summed E-state index contributed by atoms with van der Waals surface area (Å²) in [4.78, 5) is 12.2. The first-order valence-corrected chi connectivity index (χ1v) is 10.9. The van der Waals surface area contributed by atoms with Crippen LogP contribution in [0.4, 0.5) is 4.39 Å². The molecule has 0 fully saturated rings. The number of halogens is 1. The van der Waals surface area contributed by atoms with Gasteiger partial charge in [-0.2, -0.15) is 0 Å². The van der Waals surface area contributed by atoms with E-state index >= 15 is 0 Å². The largest absolute Gasteiger partial charge is 0.490 e. The number of benzene rings is 2. The Kier molecular flexibility index (Phi) is 6.34. The summed E-state index contributed by atoms with van der Waals surface area (Å²) in [5.41, 5.74) is 2.28. The summed E-state index contributed by atoms with van der Waals surface area (Å²) in [6.45, 7) is 1.68. The van der Waals surface area contributed by atoms with Gasteiger partial charge in [0.15, 0.2) is 9.84 Å². The molecule has 0 bridgehead atoms. The zero-order chi connectivity index (χ0) is 20.1. The zero-order valence-electron chi connectivity index (χ0n) is 15.7. The second kappa shape index (κ2) is 8.73. The molecule has 0 heterocycles. The fraction of sp³-hybridized carbons (Fsp3) is 0.381. The van der Waals surface area contributed by atoms with Crippen molar-refractivity contribution in [2.45, 2.75) is 43.6 Å². The number of sulfone groups is 1. The summed E-state index contributed by atoms with van der Waals surface area (Å²) in [6, 6.07) is 10.8. The Morgan fingerprint density at radius 1 is 1.14 bits per heavy atom. The first-order chi connectivity index (χ1) is 13.3. The van der Waals surface area contributed by atoms with E-state index in [1.54, 1.807) is 25.1 Å². The normalized spacial score (nSPS) is 14.4. The van der Waals surface area contributed by atoms with Gasteiger partial charge in [-0.25, -0.2) is 12.8 Å². The summed E-state index contributed by atoms with van der Waals surface area (Å²) in [7, 11) is -3.55. The molecule has 2 aromatic carbocycles. The lowest BCUT2D eigenvalue weighted by atomic mass is 10.1. The van der Waals surface area contributed by atoms with Crippen LogP contribution in [0.2, 0.25) is 0 Å². The predicted octanol–water partition coefficient (Wildman–Crippen LogP) is 3.49. The molecule has 28 heavy (non-hydrogen) atoms. The van der Waals surface area contributed by atoms with Gasteiger partial charge in [-0.3, -0.25) is 4.79 Å². The van der Waals surface area contributed by atoms with Crippen LogP contribution in [0.25, 0.3) is 0 Å². The van der Waals surface area contributed by atoms with Crippen molar-refractivity contribution in [2.75, 3.05) is 12.4 Å². The number of fused-ring (bicyclic) bond motifs is 1. The van der Waals surface area contributed by atoms with Crippen molar-refractivity contribution in [3.05, 3.63) is 59.4 Å². The van der Waals surface area contributed by atoms with Crippen molar-refractivity contribution in [3.8, 4) is 5.75 Å². The highest BCUT2D eigenvalue weighted by molar-refractivity contribution is 7.91. The van der Waals surface area contributed by atoms with E-state index in [9.17, 15) is 17.6 Å². The molecule has 7 heteroatoms. The molecule has 2 aromatic rings. The summed E-state index contributed by atoms with van der Waals surface area (Å²) >= 11 is 0. The van der Waals surface area contributed by atoms with E-state index in [-0.39, 0.29) is 23.7 Å². The van der Waals surface area contributed by atoms with Crippen LogP contribution < -0.4 is 4.74 Å². The molecule has 150 valence electrons. The van der Waals surface area contributed by atoms with Crippen molar-refractivity contribution in [3.63, 3.8) is 0 Å². The van der Waals surface area contributed by atoms with E-state index in [1.807, 2.05) is 6.07 Å². The predicted molar refractivity (Wildman–Crippen MR) is 103 cm³/mol. The molecule has 0 N–H and O–H groups in total. The maximum Gasteiger partial charge on any atom is 0.307 e. The second-order valence-electron chi connectivity index (χ2n) is 6.92. The highest BCUT2D eigenvalue weighted by atomic mass is 32.2. The quantitative estimate of drug-likeness (QED) is 0.628. The Balaban J connectivity index is 1.47. The second-order valence-corrected chi connectivity index (χ2v) is 9.03. The Labute approximate surface area is 164 Å². The Morgan fingerprint density at radius 2 is 1.93 bits per heavy atom. The first kappa shape index (κ1) is 20.3. The molecule has 0 aliphatic heterocycles. The van der Waals surface area contributed by atoms with Crippen molar-refractivity contribution < 1.29 is 27.1 Å². The van der Waals surface area contributed by atoms with Crippen molar-refractivity contribution in [1.82, 2.24) is 0 Å². The lowest BCUT2D eigenvalue weighted by molar-refractivity contribution is -0.149. The molecular weight excluding hydrogens is 383 g/mol. The summed E-state index contributed by atoms with van der Waals surface area (Å²) in [6.07, 6.45) is 2.10. The first-order valence-electron chi connectivity index (χ1n) is 9.26. The van der Waals surface area contributed by atoms with E-state index < -0.39 is 27.7 Å². The van der Waals surface area contributed by atoms with E-state index in [0.717, 1.165) is 24.8 Å². The van der Waals surface area contributed by atoms with E-state index in [4.69, 9.17) is 9.47 Å². The number of carbonyl (C=O) groups is 1. The van der Waals surface area contributed by atoms with Crippen LogP contribution in [0.5, 0.6) is 5.75 Å². The topological polar surface area (TPSA) is 69.7 Å². The molecule has 5 nitrogen and oxygen atoms in total.